The predicted molar refractivity (Wildman–Crippen MR) is 111 cm³/mol. The van der Waals surface area contributed by atoms with Crippen LogP contribution < -0.4 is 19.5 Å². The van der Waals surface area contributed by atoms with Crippen molar-refractivity contribution in [3.05, 3.63) is 72.3 Å². The van der Waals surface area contributed by atoms with Gasteiger partial charge in [0.1, 0.15) is 11.5 Å². The second-order valence-electron chi connectivity index (χ2n) is 6.14. The maximum atomic E-state index is 12.6. The molecule has 3 aromatic carbocycles. The van der Waals surface area contributed by atoms with E-state index in [1.54, 1.807) is 63.6 Å². The summed E-state index contributed by atoms with van der Waals surface area (Å²) < 4.78 is 38.4. The second-order valence-corrected chi connectivity index (χ2v) is 7.79. The van der Waals surface area contributed by atoms with Crippen LogP contribution in [0.3, 0.4) is 0 Å². The second kappa shape index (κ2) is 8.22. The van der Waals surface area contributed by atoms with Crippen LogP contribution in [-0.4, -0.2) is 22.6 Å². The molecule has 6 nitrogen and oxygen atoms in total. The molecule has 0 aromatic heterocycles. The third-order valence-corrected chi connectivity index (χ3v) is 5.75. The first kappa shape index (κ1) is 19.6. The lowest BCUT2D eigenvalue weighted by atomic mass is 10.2. The van der Waals surface area contributed by atoms with Gasteiger partial charge in [-0.2, -0.15) is 0 Å². The van der Waals surface area contributed by atoms with Gasteiger partial charge in [-0.15, -0.1) is 0 Å². The first-order chi connectivity index (χ1) is 13.4. The summed E-state index contributed by atoms with van der Waals surface area (Å²) in [5.41, 5.74) is 2.70. The van der Waals surface area contributed by atoms with Crippen molar-refractivity contribution < 1.29 is 17.9 Å². The smallest absolute Gasteiger partial charge is 0.262 e. The number of hydrogen-bond donors (Lipinski definition) is 2. The molecule has 0 aliphatic rings. The van der Waals surface area contributed by atoms with E-state index < -0.39 is 10.0 Å². The lowest BCUT2D eigenvalue weighted by Gasteiger charge is -2.14. The van der Waals surface area contributed by atoms with Gasteiger partial charge in [-0.3, -0.25) is 4.72 Å². The molecule has 0 unspecified atom stereocenters. The van der Waals surface area contributed by atoms with E-state index in [9.17, 15) is 8.42 Å². The molecule has 7 heteroatoms. The van der Waals surface area contributed by atoms with E-state index in [2.05, 4.69) is 10.0 Å². The standard InChI is InChI=1S/C21H22N2O4S/c1-15-6-4-5-7-21(15)28(24,25)23-17-10-8-16(9-11-17)22-19-14-18(26-2)12-13-20(19)27-3/h4-14,22-23H,1-3H3. The fraction of sp³-hybridized carbons (Fsp3) is 0.143. The third kappa shape index (κ3) is 4.37. The number of nitrogens with one attached hydrogen (secondary N) is 2. The van der Waals surface area contributed by atoms with Crippen LogP contribution in [0.15, 0.2) is 71.6 Å². The Morgan fingerprint density at radius 1 is 0.821 bits per heavy atom. The van der Waals surface area contributed by atoms with Crippen molar-refractivity contribution in [1.29, 1.82) is 0 Å². The number of benzene rings is 3. The van der Waals surface area contributed by atoms with Gasteiger partial charge in [0, 0.05) is 17.4 Å². The van der Waals surface area contributed by atoms with E-state index in [1.165, 1.54) is 0 Å². The van der Waals surface area contributed by atoms with Gasteiger partial charge < -0.3 is 14.8 Å². The summed E-state index contributed by atoms with van der Waals surface area (Å²) in [6, 6.07) is 19.3. The molecule has 0 saturated heterocycles. The Hall–Kier alpha value is -3.19. The van der Waals surface area contributed by atoms with Gasteiger partial charge in [0.05, 0.1) is 24.8 Å². The first-order valence-electron chi connectivity index (χ1n) is 8.60. The summed E-state index contributed by atoms with van der Waals surface area (Å²) in [5, 5.41) is 3.25. The number of sulfonamides is 1. The Balaban J connectivity index is 1.78. The zero-order valence-corrected chi connectivity index (χ0v) is 16.7. The van der Waals surface area contributed by atoms with Gasteiger partial charge in [0.25, 0.3) is 10.0 Å². The molecule has 3 rings (SSSR count). The van der Waals surface area contributed by atoms with Gasteiger partial charge >= 0.3 is 0 Å². The largest absolute Gasteiger partial charge is 0.497 e. The van der Waals surface area contributed by atoms with Crippen molar-refractivity contribution >= 4 is 27.1 Å². The summed E-state index contributed by atoms with van der Waals surface area (Å²) >= 11 is 0. The SMILES string of the molecule is COc1ccc(OC)c(Nc2ccc(NS(=O)(=O)c3ccccc3C)cc2)c1. The van der Waals surface area contributed by atoms with Crippen LogP contribution in [0.25, 0.3) is 0 Å². The minimum atomic E-state index is -3.64. The van der Waals surface area contributed by atoms with E-state index in [1.807, 2.05) is 24.3 Å². The molecule has 2 N–H and O–H groups in total. The molecule has 0 aliphatic heterocycles. The summed E-state index contributed by atoms with van der Waals surface area (Å²) in [6.45, 7) is 1.77. The Morgan fingerprint density at radius 3 is 2.14 bits per heavy atom. The van der Waals surface area contributed by atoms with Crippen LogP contribution in [0.4, 0.5) is 17.1 Å². The maximum Gasteiger partial charge on any atom is 0.262 e. The molecule has 0 atom stereocenters. The number of methoxy groups -OCH3 is 2. The minimum Gasteiger partial charge on any atom is -0.497 e. The normalized spacial score (nSPS) is 11.0. The average Bonchev–Trinajstić information content (AvgIpc) is 2.69. The Bertz CT molecular complexity index is 1060. The molecule has 0 heterocycles. The number of anilines is 3. The molecular weight excluding hydrogens is 376 g/mol. The van der Waals surface area contributed by atoms with Gasteiger partial charge in [-0.25, -0.2) is 8.42 Å². The minimum absolute atomic E-state index is 0.262. The summed E-state index contributed by atoms with van der Waals surface area (Å²) in [6.07, 6.45) is 0. The Morgan fingerprint density at radius 2 is 1.50 bits per heavy atom. The lowest BCUT2D eigenvalue weighted by molar-refractivity contribution is 0.405. The van der Waals surface area contributed by atoms with Gasteiger partial charge in [0.2, 0.25) is 0 Å². The molecule has 0 amide bonds. The van der Waals surface area contributed by atoms with E-state index >= 15 is 0 Å². The van der Waals surface area contributed by atoms with Crippen molar-refractivity contribution in [2.75, 3.05) is 24.3 Å². The summed E-state index contributed by atoms with van der Waals surface area (Å²) in [5.74, 6) is 1.37. The van der Waals surface area contributed by atoms with Crippen LogP contribution in [0.2, 0.25) is 0 Å². The average molecular weight is 398 g/mol. The highest BCUT2D eigenvalue weighted by Crippen LogP contribution is 2.32. The zero-order chi connectivity index (χ0) is 20.1. The van der Waals surface area contributed by atoms with Crippen molar-refractivity contribution in [3.8, 4) is 11.5 Å². The summed E-state index contributed by atoms with van der Waals surface area (Å²) in [4.78, 5) is 0.262. The molecule has 146 valence electrons. The highest BCUT2D eigenvalue weighted by atomic mass is 32.2. The Kier molecular flexibility index (Phi) is 5.75. The molecule has 0 spiro atoms. The molecule has 0 aliphatic carbocycles. The van der Waals surface area contributed by atoms with E-state index in [-0.39, 0.29) is 4.90 Å². The lowest BCUT2D eigenvalue weighted by Crippen LogP contribution is -2.14. The first-order valence-corrected chi connectivity index (χ1v) is 10.1. The van der Waals surface area contributed by atoms with Gasteiger partial charge in [-0.1, -0.05) is 18.2 Å². The quantitative estimate of drug-likeness (QED) is 0.610. The van der Waals surface area contributed by atoms with E-state index in [4.69, 9.17) is 9.47 Å². The zero-order valence-electron chi connectivity index (χ0n) is 15.9. The Labute approximate surface area is 165 Å². The number of ether oxygens (including phenoxy) is 2. The van der Waals surface area contributed by atoms with Crippen LogP contribution >= 0.6 is 0 Å². The van der Waals surface area contributed by atoms with Gasteiger partial charge in [0.15, 0.2) is 0 Å². The summed E-state index contributed by atoms with van der Waals surface area (Å²) in [7, 11) is -0.451. The highest BCUT2D eigenvalue weighted by Gasteiger charge is 2.16. The van der Waals surface area contributed by atoms with Gasteiger partial charge in [-0.05, 0) is 55.0 Å². The number of rotatable bonds is 7. The van der Waals surface area contributed by atoms with Crippen LogP contribution in [0, 0.1) is 6.92 Å². The topological polar surface area (TPSA) is 76.7 Å². The maximum absolute atomic E-state index is 12.6. The molecular formula is C21H22N2O4S. The molecule has 3 aromatic rings. The van der Waals surface area contributed by atoms with Crippen molar-refractivity contribution in [1.82, 2.24) is 0 Å². The number of aryl methyl sites for hydroxylation is 1. The van der Waals surface area contributed by atoms with Crippen LogP contribution in [0.5, 0.6) is 11.5 Å². The fourth-order valence-electron chi connectivity index (χ4n) is 2.76. The molecule has 28 heavy (non-hydrogen) atoms. The fourth-order valence-corrected chi connectivity index (χ4v) is 4.06. The molecule has 0 saturated carbocycles. The van der Waals surface area contributed by atoms with Crippen molar-refractivity contribution in [2.24, 2.45) is 0 Å². The highest BCUT2D eigenvalue weighted by molar-refractivity contribution is 7.92. The van der Waals surface area contributed by atoms with Crippen molar-refractivity contribution in [2.45, 2.75) is 11.8 Å². The monoisotopic (exact) mass is 398 g/mol. The predicted octanol–water partition coefficient (Wildman–Crippen LogP) is 4.56. The molecule has 0 bridgehead atoms. The van der Waals surface area contributed by atoms with Crippen LogP contribution in [-0.2, 0) is 10.0 Å². The van der Waals surface area contributed by atoms with Crippen LogP contribution in [0.1, 0.15) is 5.56 Å². The number of hydrogen-bond acceptors (Lipinski definition) is 5. The van der Waals surface area contributed by atoms with E-state index in [0.29, 0.717) is 22.7 Å². The van der Waals surface area contributed by atoms with Crippen molar-refractivity contribution in [3.63, 3.8) is 0 Å². The molecule has 0 radical (unpaired) electrons. The molecule has 0 fully saturated rings. The van der Waals surface area contributed by atoms with E-state index in [0.717, 1.165) is 11.4 Å². The third-order valence-electron chi connectivity index (χ3n) is 4.21.